The van der Waals surface area contributed by atoms with Gasteiger partial charge in [0.15, 0.2) is 11.6 Å². The van der Waals surface area contributed by atoms with Crippen LogP contribution in [0.3, 0.4) is 0 Å². The fourth-order valence-corrected chi connectivity index (χ4v) is 10.3. The van der Waals surface area contributed by atoms with E-state index in [9.17, 15) is 9.59 Å². The van der Waals surface area contributed by atoms with Gasteiger partial charge in [-0.1, -0.05) is 53.2 Å². The van der Waals surface area contributed by atoms with Crippen molar-refractivity contribution >= 4 is 11.6 Å². The third-order valence-electron chi connectivity index (χ3n) is 12.7. The summed E-state index contributed by atoms with van der Waals surface area (Å²) in [7, 11) is 1.79. The Kier molecular flexibility index (Phi) is 6.27. The lowest BCUT2D eigenvalue weighted by Gasteiger charge is -2.69. The second-order valence-corrected chi connectivity index (χ2v) is 14.8. The van der Waals surface area contributed by atoms with E-state index in [0.717, 1.165) is 45.1 Å². The molecule has 0 spiro atoms. The van der Waals surface area contributed by atoms with Crippen molar-refractivity contribution in [1.29, 1.82) is 0 Å². The first kappa shape index (κ1) is 26.9. The number of ketones is 2. The minimum atomic E-state index is -0.414. The fourth-order valence-electron chi connectivity index (χ4n) is 10.3. The van der Waals surface area contributed by atoms with Crippen molar-refractivity contribution in [2.45, 2.75) is 99.3 Å². The van der Waals surface area contributed by atoms with Gasteiger partial charge in [-0.2, -0.15) is 0 Å². The second-order valence-electron chi connectivity index (χ2n) is 14.8. The van der Waals surface area contributed by atoms with Crippen LogP contribution in [0.2, 0.25) is 0 Å². The number of allylic oxidation sites excluding steroid dienone is 4. The van der Waals surface area contributed by atoms with Crippen LogP contribution in [-0.2, 0) is 14.3 Å². The van der Waals surface area contributed by atoms with Crippen molar-refractivity contribution in [1.82, 2.24) is 0 Å². The summed E-state index contributed by atoms with van der Waals surface area (Å²) in [5.74, 6) is 0.728. The summed E-state index contributed by atoms with van der Waals surface area (Å²) < 4.78 is 5.45. The molecule has 0 aromatic carbocycles. The molecule has 0 aromatic rings. The van der Waals surface area contributed by atoms with E-state index in [4.69, 9.17) is 11.3 Å². The number of hydrogen-bond acceptors (Lipinski definition) is 3. The molecule has 0 unspecified atom stereocenters. The van der Waals surface area contributed by atoms with E-state index in [1.807, 2.05) is 19.1 Å². The Hall–Kier alpha value is -1.73. The average molecular weight is 506 g/mol. The van der Waals surface area contributed by atoms with Crippen LogP contribution in [0.4, 0.5) is 0 Å². The first-order valence-electron chi connectivity index (χ1n) is 14.7. The van der Waals surface area contributed by atoms with Gasteiger partial charge in [0, 0.05) is 31.0 Å². The quantitative estimate of drug-likeness (QED) is 0.292. The van der Waals surface area contributed by atoms with E-state index in [1.54, 1.807) is 7.11 Å². The lowest BCUT2D eigenvalue weighted by Crippen LogP contribution is -2.64. The SMILES string of the molecule is [C-]#[N+]C1=C[C@]2(C)C3=CC(=O)[C@@H]4[C@@H]5CC(C)(C)CC[C@]5(CCCOC)CC[C@@]4(C)[C@]3(C)CC[C@H]2[C@H](C)C1=O. The van der Waals surface area contributed by atoms with E-state index < -0.39 is 5.41 Å². The van der Waals surface area contributed by atoms with Crippen LogP contribution in [0.25, 0.3) is 4.85 Å². The van der Waals surface area contributed by atoms with Crippen LogP contribution in [0, 0.1) is 57.3 Å². The Balaban J connectivity index is 1.63. The molecule has 5 rings (SSSR count). The van der Waals surface area contributed by atoms with Crippen molar-refractivity contribution in [3.05, 3.63) is 34.8 Å². The molecule has 0 heterocycles. The van der Waals surface area contributed by atoms with E-state index in [1.165, 1.54) is 24.8 Å². The van der Waals surface area contributed by atoms with Crippen molar-refractivity contribution in [2.75, 3.05) is 13.7 Å². The lowest BCUT2D eigenvalue weighted by atomic mass is 9.34. The van der Waals surface area contributed by atoms with Crippen molar-refractivity contribution in [3.8, 4) is 0 Å². The molecule has 0 N–H and O–H groups in total. The molecule has 4 heteroatoms. The summed E-state index contributed by atoms with van der Waals surface area (Å²) >= 11 is 0. The summed E-state index contributed by atoms with van der Waals surface area (Å²) in [6, 6.07) is 0. The number of carbonyl (C=O) groups is 2. The van der Waals surface area contributed by atoms with E-state index in [-0.39, 0.29) is 50.9 Å². The molecular weight excluding hydrogens is 458 g/mol. The van der Waals surface area contributed by atoms with Gasteiger partial charge in [0.25, 0.3) is 0 Å². The van der Waals surface area contributed by atoms with Crippen LogP contribution in [-0.4, -0.2) is 25.3 Å². The summed E-state index contributed by atoms with van der Waals surface area (Å²) in [6.07, 6.45) is 14.1. The first-order chi connectivity index (χ1) is 17.3. The Morgan fingerprint density at radius 1 is 1.03 bits per heavy atom. The molecule has 0 amide bonds. The van der Waals surface area contributed by atoms with E-state index >= 15 is 0 Å². The van der Waals surface area contributed by atoms with Crippen LogP contribution in [0.1, 0.15) is 99.3 Å². The van der Waals surface area contributed by atoms with Gasteiger partial charge in [-0.25, -0.2) is 4.85 Å². The van der Waals surface area contributed by atoms with Gasteiger partial charge in [-0.05, 0) is 97.4 Å². The summed E-state index contributed by atoms with van der Waals surface area (Å²) in [4.78, 5) is 31.0. The number of ether oxygens (including phenoxy) is 1. The van der Waals surface area contributed by atoms with Gasteiger partial charge in [0.2, 0.25) is 5.70 Å². The van der Waals surface area contributed by atoms with Gasteiger partial charge in [0.05, 0.1) is 6.57 Å². The molecule has 3 saturated carbocycles. The van der Waals surface area contributed by atoms with Gasteiger partial charge in [-0.3, -0.25) is 4.79 Å². The normalized spacial score (nSPS) is 46.4. The number of hydrogen-bond donors (Lipinski definition) is 0. The van der Waals surface area contributed by atoms with Gasteiger partial charge < -0.3 is 9.53 Å². The van der Waals surface area contributed by atoms with Crippen molar-refractivity contribution in [3.63, 3.8) is 0 Å². The highest BCUT2D eigenvalue weighted by molar-refractivity contribution is 6.01. The highest BCUT2D eigenvalue weighted by Crippen LogP contribution is 2.74. The molecule has 0 aliphatic heterocycles. The van der Waals surface area contributed by atoms with Crippen LogP contribution < -0.4 is 0 Å². The monoisotopic (exact) mass is 505 g/mol. The number of carbonyl (C=O) groups excluding carboxylic acids is 2. The molecule has 3 fully saturated rings. The van der Waals surface area contributed by atoms with Gasteiger partial charge in [-0.15, -0.1) is 0 Å². The number of Topliss-reactive ketones (excluding diaryl/α,β-unsaturated/α-hetero) is 1. The van der Waals surface area contributed by atoms with Crippen LogP contribution >= 0.6 is 0 Å². The largest absolute Gasteiger partial charge is 0.385 e. The predicted octanol–water partition coefficient (Wildman–Crippen LogP) is 7.60. The Morgan fingerprint density at radius 3 is 2.41 bits per heavy atom. The molecule has 8 atom stereocenters. The van der Waals surface area contributed by atoms with Gasteiger partial charge in [0.1, 0.15) is 0 Å². The molecule has 202 valence electrons. The molecule has 4 nitrogen and oxygen atoms in total. The molecule has 0 radical (unpaired) electrons. The number of fused-ring (bicyclic) bond motifs is 7. The predicted molar refractivity (Wildman–Crippen MR) is 146 cm³/mol. The fraction of sp³-hybridized carbons (Fsp3) is 0.788. The van der Waals surface area contributed by atoms with Crippen LogP contribution in [0.15, 0.2) is 23.4 Å². The number of nitrogens with zero attached hydrogens (tertiary/aromatic N) is 1. The molecule has 5 aliphatic rings. The maximum absolute atomic E-state index is 14.4. The highest BCUT2D eigenvalue weighted by atomic mass is 16.5. The van der Waals surface area contributed by atoms with Crippen LogP contribution in [0.5, 0.6) is 0 Å². The zero-order valence-electron chi connectivity index (χ0n) is 24.2. The average Bonchev–Trinajstić information content (AvgIpc) is 2.83. The molecule has 5 aliphatic carbocycles. The third-order valence-corrected chi connectivity index (χ3v) is 12.7. The zero-order chi connectivity index (χ0) is 27.0. The zero-order valence-corrected chi connectivity index (χ0v) is 24.2. The molecule has 0 bridgehead atoms. The Morgan fingerprint density at radius 2 is 1.73 bits per heavy atom. The number of rotatable bonds is 4. The topological polar surface area (TPSA) is 47.7 Å². The summed E-state index contributed by atoms with van der Waals surface area (Å²) in [5, 5.41) is 0. The van der Waals surface area contributed by atoms with Crippen molar-refractivity contribution < 1.29 is 14.3 Å². The maximum Gasteiger partial charge on any atom is 0.226 e. The molecule has 0 saturated heterocycles. The Bertz CT molecular complexity index is 1110. The summed E-state index contributed by atoms with van der Waals surface area (Å²) in [6.45, 7) is 22.4. The van der Waals surface area contributed by atoms with E-state index in [2.05, 4.69) is 39.5 Å². The standard InChI is InChI=1S/C33H47NO3/c1-21-22-10-12-31(5)26(30(22,4)20-24(34-7)28(21)36)18-25(35)27-23-19-29(2,3)13-15-33(23,11-9-17-37-8)16-14-32(27,31)6/h18,20-23,27H,9-17,19H2,1-6,8H3/t21-,22-,23-,27-,30-,31+,32+,33+/m0/s1. The molecular formula is C33H47NO3. The Labute approximate surface area is 224 Å². The lowest BCUT2D eigenvalue weighted by molar-refractivity contribution is -0.171. The number of methoxy groups -OCH3 is 1. The third kappa shape index (κ3) is 3.62. The maximum atomic E-state index is 14.4. The van der Waals surface area contributed by atoms with Gasteiger partial charge >= 0.3 is 0 Å². The molecule has 0 aromatic heterocycles. The van der Waals surface area contributed by atoms with E-state index in [0.29, 0.717) is 11.7 Å². The highest BCUT2D eigenvalue weighted by Gasteiger charge is 2.68. The van der Waals surface area contributed by atoms with Crippen molar-refractivity contribution in [2.24, 2.45) is 50.7 Å². The smallest absolute Gasteiger partial charge is 0.226 e. The summed E-state index contributed by atoms with van der Waals surface area (Å²) in [5.41, 5.74) is 1.34. The second kappa shape index (κ2) is 8.64. The molecule has 37 heavy (non-hydrogen) atoms. The minimum absolute atomic E-state index is 0.0177. The first-order valence-corrected chi connectivity index (χ1v) is 14.7. The minimum Gasteiger partial charge on any atom is -0.385 e.